The molecule has 1 fully saturated rings. The molecule has 4 amide bonds. The summed E-state index contributed by atoms with van der Waals surface area (Å²) in [5, 5.41) is 2.77. The standard InChI is InChI=1S/C24H27N3O3/c1-16-9-11-17(12-10-16)24(4)21(29)27(22(30)25-24)15-20(28)26-14-13-23(2,3)18-7-5-6-8-19(18)26/h5-12H,13-15H2,1-4H3,(H,25,30). The highest BCUT2D eigenvalue weighted by atomic mass is 16.2. The number of benzene rings is 2. The number of para-hydroxylation sites is 1. The third-order valence-electron chi connectivity index (χ3n) is 6.38. The first-order chi connectivity index (χ1) is 14.1. The number of nitrogens with zero attached hydrogens (tertiary/aromatic N) is 2. The zero-order chi connectivity index (χ0) is 21.7. The lowest BCUT2D eigenvalue weighted by atomic mass is 9.77. The number of nitrogens with one attached hydrogen (secondary N) is 1. The average Bonchev–Trinajstić information content (AvgIpc) is 2.92. The Labute approximate surface area is 176 Å². The van der Waals surface area contributed by atoms with Gasteiger partial charge in [-0.3, -0.25) is 14.5 Å². The van der Waals surface area contributed by atoms with Gasteiger partial charge in [0.1, 0.15) is 12.1 Å². The largest absolute Gasteiger partial charge is 0.325 e. The van der Waals surface area contributed by atoms with Gasteiger partial charge in [0, 0.05) is 12.2 Å². The lowest BCUT2D eigenvalue weighted by Crippen LogP contribution is -2.47. The second-order valence-electron chi connectivity index (χ2n) is 9.01. The SMILES string of the molecule is Cc1ccc(C2(C)NC(=O)N(CC(=O)N3CCC(C)(C)c4ccccc43)C2=O)cc1. The van der Waals surface area contributed by atoms with E-state index in [0.717, 1.165) is 28.1 Å². The summed E-state index contributed by atoms with van der Waals surface area (Å²) in [6.45, 7) is 8.25. The zero-order valence-corrected chi connectivity index (χ0v) is 17.9. The van der Waals surface area contributed by atoms with Crippen molar-refractivity contribution in [1.29, 1.82) is 0 Å². The van der Waals surface area contributed by atoms with Crippen LogP contribution in [-0.4, -0.2) is 35.8 Å². The second-order valence-corrected chi connectivity index (χ2v) is 9.01. The predicted molar refractivity (Wildman–Crippen MR) is 115 cm³/mol. The fraction of sp³-hybridized carbons (Fsp3) is 0.375. The van der Waals surface area contributed by atoms with Crippen molar-refractivity contribution in [2.45, 2.75) is 45.1 Å². The molecular weight excluding hydrogens is 378 g/mol. The van der Waals surface area contributed by atoms with Crippen LogP contribution in [0.3, 0.4) is 0 Å². The first kappa shape index (κ1) is 20.1. The minimum Gasteiger partial charge on any atom is -0.319 e. The Morgan fingerprint density at radius 3 is 2.40 bits per heavy atom. The van der Waals surface area contributed by atoms with E-state index in [2.05, 4.69) is 19.2 Å². The lowest BCUT2D eigenvalue weighted by Gasteiger charge is -2.39. The summed E-state index contributed by atoms with van der Waals surface area (Å²) in [6.07, 6.45) is 0.816. The average molecular weight is 405 g/mol. The van der Waals surface area contributed by atoms with Crippen LogP contribution < -0.4 is 10.2 Å². The number of hydrogen-bond acceptors (Lipinski definition) is 3. The van der Waals surface area contributed by atoms with E-state index >= 15 is 0 Å². The van der Waals surface area contributed by atoms with Gasteiger partial charge in [0.05, 0.1) is 0 Å². The molecule has 0 saturated carbocycles. The summed E-state index contributed by atoms with van der Waals surface area (Å²) in [4.78, 5) is 41.7. The van der Waals surface area contributed by atoms with E-state index in [9.17, 15) is 14.4 Å². The van der Waals surface area contributed by atoms with E-state index in [4.69, 9.17) is 0 Å². The zero-order valence-electron chi connectivity index (χ0n) is 17.9. The molecule has 2 aliphatic rings. The molecule has 2 heterocycles. The Balaban J connectivity index is 1.58. The summed E-state index contributed by atoms with van der Waals surface area (Å²) in [5.74, 6) is -0.662. The molecule has 1 N–H and O–H groups in total. The highest BCUT2D eigenvalue weighted by molar-refractivity contribution is 6.10. The Hall–Kier alpha value is -3.15. The molecule has 0 radical (unpaired) electrons. The molecule has 0 spiro atoms. The normalized spacial score (nSPS) is 22.7. The Morgan fingerprint density at radius 1 is 1.03 bits per heavy atom. The number of aryl methyl sites for hydroxylation is 1. The fourth-order valence-corrected chi connectivity index (χ4v) is 4.33. The monoisotopic (exact) mass is 405 g/mol. The first-order valence-electron chi connectivity index (χ1n) is 10.2. The van der Waals surface area contributed by atoms with Crippen molar-refractivity contribution in [3.63, 3.8) is 0 Å². The van der Waals surface area contributed by atoms with Crippen molar-refractivity contribution in [2.75, 3.05) is 18.0 Å². The number of carbonyl (C=O) groups is 3. The van der Waals surface area contributed by atoms with Crippen LogP contribution in [0.5, 0.6) is 0 Å². The number of anilines is 1. The van der Waals surface area contributed by atoms with Gasteiger partial charge in [-0.05, 0) is 42.9 Å². The van der Waals surface area contributed by atoms with Gasteiger partial charge in [0.15, 0.2) is 0 Å². The molecule has 6 heteroatoms. The van der Waals surface area contributed by atoms with Crippen LogP contribution in [0.25, 0.3) is 0 Å². The molecule has 4 rings (SSSR count). The van der Waals surface area contributed by atoms with Gasteiger partial charge >= 0.3 is 6.03 Å². The number of amides is 4. The van der Waals surface area contributed by atoms with Crippen molar-refractivity contribution in [1.82, 2.24) is 10.2 Å². The number of urea groups is 1. The number of rotatable bonds is 3. The number of carbonyl (C=O) groups excluding carboxylic acids is 3. The maximum atomic E-state index is 13.2. The summed E-state index contributed by atoms with van der Waals surface area (Å²) >= 11 is 0. The Morgan fingerprint density at radius 2 is 1.70 bits per heavy atom. The quantitative estimate of drug-likeness (QED) is 0.795. The molecule has 2 aromatic carbocycles. The summed E-state index contributed by atoms with van der Waals surface area (Å²) < 4.78 is 0. The Bertz CT molecular complexity index is 1030. The highest BCUT2D eigenvalue weighted by Gasteiger charge is 2.50. The molecule has 1 unspecified atom stereocenters. The number of imide groups is 1. The summed E-state index contributed by atoms with van der Waals surface area (Å²) in [7, 11) is 0. The Kier molecular flexibility index (Phi) is 4.68. The third kappa shape index (κ3) is 3.16. The smallest absolute Gasteiger partial charge is 0.319 e. The van der Waals surface area contributed by atoms with Gasteiger partial charge in [-0.25, -0.2) is 4.79 Å². The first-order valence-corrected chi connectivity index (χ1v) is 10.2. The minimum absolute atomic E-state index is 0.0295. The molecule has 0 bridgehead atoms. The molecule has 0 aromatic heterocycles. The fourth-order valence-electron chi connectivity index (χ4n) is 4.33. The van der Waals surface area contributed by atoms with E-state index in [-0.39, 0.29) is 17.9 Å². The van der Waals surface area contributed by atoms with Crippen molar-refractivity contribution >= 4 is 23.5 Å². The molecule has 2 aromatic rings. The lowest BCUT2D eigenvalue weighted by molar-refractivity contribution is -0.134. The van der Waals surface area contributed by atoms with Gasteiger partial charge in [0.2, 0.25) is 5.91 Å². The van der Waals surface area contributed by atoms with Crippen LogP contribution in [0.1, 0.15) is 43.9 Å². The van der Waals surface area contributed by atoms with Gasteiger partial charge in [-0.2, -0.15) is 0 Å². The molecule has 0 aliphatic carbocycles. The summed E-state index contributed by atoms with van der Waals surface area (Å²) in [5.41, 5.74) is 2.52. The van der Waals surface area contributed by atoms with E-state index in [1.165, 1.54) is 0 Å². The van der Waals surface area contributed by atoms with Crippen LogP contribution in [0.15, 0.2) is 48.5 Å². The minimum atomic E-state index is -1.17. The second kappa shape index (κ2) is 6.97. The molecule has 6 nitrogen and oxygen atoms in total. The van der Waals surface area contributed by atoms with Crippen LogP contribution >= 0.6 is 0 Å². The van der Waals surface area contributed by atoms with Crippen LogP contribution in [0.2, 0.25) is 0 Å². The maximum absolute atomic E-state index is 13.2. The molecule has 2 aliphatic heterocycles. The molecule has 156 valence electrons. The van der Waals surface area contributed by atoms with Crippen molar-refractivity contribution in [3.05, 3.63) is 65.2 Å². The van der Waals surface area contributed by atoms with Crippen molar-refractivity contribution in [3.8, 4) is 0 Å². The number of hydrogen-bond donors (Lipinski definition) is 1. The molecular formula is C24H27N3O3. The van der Waals surface area contributed by atoms with Crippen LogP contribution in [0, 0.1) is 6.92 Å². The van der Waals surface area contributed by atoms with Gasteiger partial charge in [0.25, 0.3) is 5.91 Å². The molecule has 30 heavy (non-hydrogen) atoms. The van der Waals surface area contributed by atoms with Crippen LogP contribution in [-0.2, 0) is 20.5 Å². The van der Waals surface area contributed by atoms with E-state index in [1.54, 1.807) is 11.8 Å². The number of fused-ring (bicyclic) bond motifs is 1. The van der Waals surface area contributed by atoms with Gasteiger partial charge in [-0.1, -0.05) is 61.9 Å². The van der Waals surface area contributed by atoms with E-state index in [1.807, 2.05) is 55.5 Å². The third-order valence-corrected chi connectivity index (χ3v) is 6.38. The van der Waals surface area contributed by atoms with Crippen LogP contribution in [0.4, 0.5) is 10.5 Å². The van der Waals surface area contributed by atoms with Gasteiger partial charge in [-0.15, -0.1) is 0 Å². The molecule has 1 saturated heterocycles. The predicted octanol–water partition coefficient (Wildman–Crippen LogP) is 3.48. The summed E-state index contributed by atoms with van der Waals surface area (Å²) in [6, 6.07) is 14.8. The van der Waals surface area contributed by atoms with E-state index in [0.29, 0.717) is 12.1 Å². The topological polar surface area (TPSA) is 69.7 Å². The van der Waals surface area contributed by atoms with Crippen molar-refractivity contribution < 1.29 is 14.4 Å². The molecule has 1 atom stereocenters. The highest BCUT2D eigenvalue weighted by Crippen LogP contribution is 2.39. The van der Waals surface area contributed by atoms with Crippen molar-refractivity contribution in [2.24, 2.45) is 0 Å². The maximum Gasteiger partial charge on any atom is 0.325 e. The van der Waals surface area contributed by atoms with E-state index < -0.39 is 17.5 Å². The van der Waals surface area contributed by atoms with Gasteiger partial charge < -0.3 is 10.2 Å².